The largest absolute Gasteiger partial charge is 0.265 e. The minimum Gasteiger partial charge on any atom is -0.265 e. The van der Waals surface area contributed by atoms with E-state index in [1.807, 2.05) is 12.3 Å². The van der Waals surface area contributed by atoms with E-state index in [-0.39, 0.29) is 0 Å². The van der Waals surface area contributed by atoms with Crippen LogP contribution >= 0.6 is 0 Å². The van der Waals surface area contributed by atoms with Crippen molar-refractivity contribution < 1.29 is 0 Å². The number of nitriles is 1. The van der Waals surface area contributed by atoms with Crippen LogP contribution in [0.5, 0.6) is 0 Å². The molecule has 1 aromatic carbocycles. The summed E-state index contributed by atoms with van der Waals surface area (Å²) in [6.45, 7) is 2.17. The van der Waals surface area contributed by atoms with Crippen LogP contribution in [0, 0.1) is 11.5 Å². The van der Waals surface area contributed by atoms with E-state index < -0.39 is 0 Å². The van der Waals surface area contributed by atoms with Crippen LogP contribution in [0.1, 0.15) is 18.9 Å². The quantitative estimate of drug-likeness (QED) is 0.620. The Hall–Kier alpha value is -2.41. The fraction of sp³-hybridized carbons (Fsp3) is 0.267. The lowest BCUT2D eigenvalue weighted by Gasteiger charge is -2.07. The molecule has 4 nitrogen and oxygen atoms in total. The average Bonchev–Trinajstić information content (AvgIpc) is 2.48. The summed E-state index contributed by atoms with van der Waals surface area (Å²) in [6, 6.07) is 12.0. The third-order valence-electron chi connectivity index (χ3n) is 2.93. The standard InChI is InChI=1S/C15H16N4/c1-3-4-12-5-7-13(8-6-12)14-9-10-15(18-17-14)19(2)11-16/h5-10H,3-4H2,1-2H3. The zero-order chi connectivity index (χ0) is 13.7. The molecule has 0 saturated heterocycles. The predicted molar refractivity (Wildman–Crippen MR) is 75.5 cm³/mol. The number of aryl methyl sites for hydroxylation is 1. The topological polar surface area (TPSA) is 52.8 Å². The molecule has 0 spiro atoms. The zero-order valence-corrected chi connectivity index (χ0v) is 11.2. The lowest BCUT2D eigenvalue weighted by Crippen LogP contribution is -2.10. The number of aromatic nitrogens is 2. The van der Waals surface area contributed by atoms with Gasteiger partial charge in [0.2, 0.25) is 0 Å². The average molecular weight is 252 g/mol. The van der Waals surface area contributed by atoms with Crippen LogP contribution in [0.2, 0.25) is 0 Å². The van der Waals surface area contributed by atoms with Gasteiger partial charge in [0.1, 0.15) is 0 Å². The molecule has 1 aromatic heterocycles. The molecular formula is C15H16N4. The predicted octanol–water partition coefficient (Wildman–Crippen LogP) is 3.01. The third kappa shape index (κ3) is 3.08. The molecule has 0 aliphatic heterocycles. The highest BCUT2D eigenvalue weighted by Gasteiger charge is 2.04. The van der Waals surface area contributed by atoms with Crippen molar-refractivity contribution in [2.75, 3.05) is 11.9 Å². The van der Waals surface area contributed by atoms with Gasteiger partial charge in [-0.15, -0.1) is 10.2 Å². The Morgan fingerprint density at radius 3 is 2.37 bits per heavy atom. The van der Waals surface area contributed by atoms with Crippen molar-refractivity contribution >= 4 is 5.82 Å². The summed E-state index contributed by atoms with van der Waals surface area (Å²) < 4.78 is 0. The van der Waals surface area contributed by atoms with Gasteiger partial charge < -0.3 is 0 Å². The number of hydrogen-bond acceptors (Lipinski definition) is 4. The lowest BCUT2D eigenvalue weighted by atomic mass is 10.1. The maximum Gasteiger partial charge on any atom is 0.185 e. The van der Waals surface area contributed by atoms with Gasteiger partial charge in [-0.05, 0) is 24.1 Å². The van der Waals surface area contributed by atoms with E-state index in [2.05, 4.69) is 41.4 Å². The summed E-state index contributed by atoms with van der Waals surface area (Å²) in [6.07, 6.45) is 4.24. The number of nitrogens with zero attached hydrogens (tertiary/aromatic N) is 4. The van der Waals surface area contributed by atoms with Crippen LogP contribution < -0.4 is 4.90 Å². The summed E-state index contributed by atoms with van der Waals surface area (Å²) in [5, 5.41) is 17.0. The van der Waals surface area contributed by atoms with E-state index in [1.54, 1.807) is 13.1 Å². The first-order chi connectivity index (χ1) is 9.24. The number of rotatable bonds is 4. The second-order valence-corrected chi connectivity index (χ2v) is 4.38. The Balaban J connectivity index is 2.20. The van der Waals surface area contributed by atoms with Gasteiger partial charge in [0.25, 0.3) is 0 Å². The molecule has 4 heteroatoms. The van der Waals surface area contributed by atoms with Crippen LogP contribution in [0.4, 0.5) is 5.82 Å². The lowest BCUT2D eigenvalue weighted by molar-refractivity contribution is 0.922. The van der Waals surface area contributed by atoms with Gasteiger partial charge in [-0.3, -0.25) is 4.90 Å². The Bertz CT molecular complexity index is 567. The van der Waals surface area contributed by atoms with E-state index in [4.69, 9.17) is 5.26 Å². The van der Waals surface area contributed by atoms with Crippen LogP contribution in [-0.4, -0.2) is 17.2 Å². The fourth-order valence-corrected chi connectivity index (χ4v) is 1.84. The molecule has 0 bridgehead atoms. The molecule has 96 valence electrons. The van der Waals surface area contributed by atoms with Crippen molar-refractivity contribution in [3.05, 3.63) is 42.0 Å². The van der Waals surface area contributed by atoms with Crippen molar-refractivity contribution in [2.45, 2.75) is 19.8 Å². The van der Waals surface area contributed by atoms with Gasteiger partial charge in [-0.2, -0.15) is 5.26 Å². The van der Waals surface area contributed by atoms with Crippen molar-refractivity contribution in [1.29, 1.82) is 5.26 Å². The number of hydrogen-bond donors (Lipinski definition) is 0. The van der Waals surface area contributed by atoms with Crippen LogP contribution in [0.15, 0.2) is 36.4 Å². The second-order valence-electron chi connectivity index (χ2n) is 4.38. The zero-order valence-electron chi connectivity index (χ0n) is 11.2. The van der Waals surface area contributed by atoms with Crippen LogP contribution in [0.3, 0.4) is 0 Å². The van der Waals surface area contributed by atoms with Crippen molar-refractivity contribution in [3.8, 4) is 17.5 Å². The summed E-state index contributed by atoms with van der Waals surface area (Å²) in [4.78, 5) is 1.38. The molecule has 0 N–H and O–H groups in total. The first kappa shape index (κ1) is 13.0. The van der Waals surface area contributed by atoms with Gasteiger partial charge in [0.05, 0.1) is 5.69 Å². The monoisotopic (exact) mass is 252 g/mol. The molecule has 0 amide bonds. The van der Waals surface area contributed by atoms with Gasteiger partial charge in [0, 0.05) is 12.6 Å². The van der Waals surface area contributed by atoms with Gasteiger partial charge in [0.15, 0.2) is 12.0 Å². The van der Waals surface area contributed by atoms with E-state index >= 15 is 0 Å². The summed E-state index contributed by atoms with van der Waals surface area (Å²) in [7, 11) is 1.66. The van der Waals surface area contributed by atoms with Gasteiger partial charge >= 0.3 is 0 Å². The molecular weight excluding hydrogens is 236 g/mol. The van der Waals surface area contributed by atoms with E-state index in [0.717, 1.165) is 24.1 Å². The molecule has 0 saturated carbocycles. The molecule has 2 rings (SSSR count). The smallest absolute Gasteiger partial charge is 0.185 e. The molecule has 0 aliphatic carbocycles. The van der Waals surface area contributed by atoms with E-state index in [1.165, 1.54) is 10.5 Å². The van der Waals surface area contributed by atoms with Crippen LogP contribution in [-0.2, 0) is 6.42 Å². The molecule has 0 aliphatic rings. The minimum absolute atomic E-state index is 0.550. The number of anilines is 1. The van der Waals surface area contributed by atoms with Crippen LogP contribution in [0.25, 0.3) is 11.3 Å². The molecule has 0 atom stereocenters. The highest BCUT2D eigenvalue weighted by molar-refractivity contribution is 5.60. The minimum atomic E-state index is 0.550. The molecule has 0 radical (unpaired) electrons. The van der Waals surface area contributed by atoms with Crippen molar-refractivity contribution in [2.24, 2.45) is 0 Å². The third-order valence-corrected chi connectivity index (χ3v) is 2.93. The molecule has 1 heterocycles. The Labute approximate surface area is 113 Å². The summed E-state index contributed by atoms with van der Waals surface area (Å²) >= 11 is 0. The number of benzene rings is 1. The summed E-state index contributed by atoms with van der Waals surface area (Å²) in [5.74, 6) is 0.550. The normalized spacial score (nSPS) is 9.95. The second kappa shape index (κ2) is 5.96. The maximum absolute atomic E-state index is 8.76. The first-order valence-corrected chi connectivity index (χ1v) is 6.31. The molecule has 2 aromatic rings. The SMILES string of the molecule is CCCc1ccc(-c2ccc(N(C)C#N)nn2)cc1. The van der Waals surface area contributed by atoms with E-state index in [0.29, 0.717) is 5.82 Å². The highest BCUT2D eigenvalue weighted by Crippen LogP contribution is 2.19. The fourth-order valence-electron chi connectivity index (χ4n) is 1.84. The van der Waals surface area contributed by atoms with E-state index in [9.17, 15) is 0 Å². The summed E-state index contributed by atoms with van der Waals surface area (Å²) in [5.41, 5.74) is 3.19. The molecule has 0 unspecified atom stereocenters. The Kier molecular flexibility index (Phi) is 4.09. The maximum atomic E-state index is 8.76. The van der Waals surface area contributed by atoms with Gasteiger partial charge in [-0.25, -0.2) is 0 Å². The molecule has 19 heavy (non-hydrogen) atoms. The van der Waals surface area contributed by atoms with Gasteiger partial charge in [-0.1, -0.05) is 37.6 Å². The highest BCUT2D eigenvalue weighted by atomic mass is 15.2. The van der Waals surface area contributed by atoms with Crippen molar-refractivity contribution in [3.63, 3.8) is 0 Å². The molecule has 0 fully saturated rings. The Morgan fingerprint density at radius 2 is 1.84 bits per heavy atom. The Morgan fingerprint density at radius 1 is 1.11 bits per heavy atom. The van der Waals surface area contributed by atoms with Crippen molar-refractivity contribution in [1.82, 2.24) is 10.2 Å². The first-order valence-electron chi connectivity index (χ1n) is 6.31.